The van der Waals surface area contributed by atoms with E-state index in [0.29, 0.717) is 0 Å². The van der Waals surface area contributed by atoms with Crippen molar-refractivity contribution in [2.45, 2.75) is 6.54 Å². The van der Waals surface area contributed by atoms with Gasteiger partial charge in [0.25, 0.3) is 0 Å². The Morgan fingerprint density at radius 2 is 2.50 bits per heavy atom. The summed E-state index contributed by atoms with van der Waals surface area (Å²) in [7, 11) is 0. The van der Waals surface area contributed by atoms with Gasteiger partial charge >= 0.3 is 0 Å². The summed E-state index contributed by atoms with van der Waals surface area (Å²) in [5, 5.41) is 4.28. The maximum absolute atomic E-state index is 4.44. The number of hydrogen-bond donors (Lipinski definition) is 1. The Hall–Kier alpha value is -1.26. The molecule has 0 bridgehead atoms. The third-order valence-electron chi connectivity index (χ3n) is 1.78. The largest absolute Gasteiger partial charge is 0.307 e. The fourth-order valence-electron chi connectivity index (χ4n) is 1.17. The average Bonchev–Trinajstić information content (AvgIpc) is 2.60. The summed E-state index contributed by atoms with van der Waals surface area (Å²) in [6, 6.07) is 3.89. The zero-order valence-corrected chi connectivity index (χ0v) is 8.55. The number of aromatic nitrogens is 2. The topological polar surface area (TPSA) is 37.8 Å². The Labute approximate surface area is 86.5 Å². The minimum absolute atomic E-state index is 0.785. The van der Waals surface area contributed by atoms with Gasteiger partial charge in [0, 0.05) is 19.3 Å². The molecule has 0 saturated carbocycles. The quantitative estimate of drug-likeness (QED) is 0.612. The summed E-state index contributed by atoms with van der Waals surface area (Å²) >= 11 is 1.63. The minimum Gasteiger partial charge on any atom is -0.307 e. The second-order valence-corrected chi connectivity index (χ2v) is 3.92. The normalized spacial score (nSPS) is 10.6. The van der Waals surface area contributed by atoms with Crippen molar-refractivity contribution in [2.24, 2.45) is 0 Å². The van der Waals surface area contributed by atoms with Crippen molar-refractivity contribution in [2.75, 3.05) is 6.54 Å². The Morgan fingerprint density at radius 1 is 1.57 bits per heavy atom. The molecule has 0 radical (unpaired) electrons. The second kappa shape index (κ2) is 4.30. The maximum Gasteiger partial charge on any atom is 0.143 e. The minimum atomic E-state index is 0.785. The monoisotopic (exact) mass is 205 g/mol. The Balaban J connectivity index is 2.14. The van der Waals surface area contributed by atoms with Crippen LogP contribution in [0.5, 0.6) is 0 Å². The van der Waals surface area contributed by atoms with Crippen LogP contribution in [0.2, 0.25) is 0 Å². The van der Waals surface area contributed by atoms with Crippen molar-refractivity contribution < 1.29 is 0 Å². The highest BCUT2D eigenvalue weighted by Gasteiger charge is 2.02. The third kappa shape index (κ3) is 1.97. The lowest BCUT2D eigenvalue weighted by Gasteiger charge is -1.94. The smallest absolute Gasteiger partial charge is 0.143 e. The first-order valence-electron chi connectivity index (χ1n) is 4.42. The number of fused-ring (bicyclic) bond motifs is 1. The first-order valence-corrected chi connectivity index (χ1v) is 5.24. The Bertz CT molecular complexity index is 403. The molecule has 4 heteroatoms. The average molecular weight is 205 g/mol. The van der Waals surface area contributed by atoms with Crippen molar-refractivity contribution in [1.82, 2.24) is 15.3 Å². The molecule has 0 saturated heterocycles. The van der Waals surface area contributed by atoms with E-state index in [1.807, 2.05) is 18.2 Å². The molecular weight excluding hydrogens is 194 g/mol. The van der Waals surface area contributed by atoms with Crippen molar-refractivity contribution in [3.8, 4) is 0 Å². The van der Waals surface area contributed by atoms with E-state index in [2.05, 4.69) is 21.9 Å². The summed E-state index contributed by atoms with van der Waals surface area (Å²) in [4.78, 5) is 9.68. The summed E-state index contributed by atoms with van der Waals surface area (Å²) in [6.45, 7) is 5.24. The van der Waals surface area contributed by atoms with E-state index in [9.17, 15) is 0 Å². The van der Waals surface area contributed by atoms with Gasteiger partial charge in [0.05, 0.1) is 0 Å². The fraction of sp³-hybridized carbons (Fsp3) is 0.200. The summed E-state index contributed by atoms with van der Waals surface area (Å²) in [5.74, 6) is 0. The zero-order chi connectivity index (χ0) is 9.80. The van der Waals surface area contributed by atoms with E-state index in [1.165, 1.54) is 0 Å². The molecule has 2 heterocycles. The molecule has 0 fully saturated rings. The molecular formula is C10H11N3S. The van der Waals surface area contributed by atoms with Crippen LogP contribution >= 0.6 is 11.3 Å². The van der Waals surface area contributed by atoms with Crippen LogP contribution in [-0.2, 0) is 6.54 Å². The van der Waals surface area contributed by atoms with Gasteiger partial charge in [-0.05, 0) is 12.1 Å². The first kappa shape index (κ1) is 9.30. The molecule has 3 nitrogen and oxygen atoms in total. The van der Waals surface area contributed by atoms with Crippen LogP contribution in [0.4, 0.5) is 0 Å². The van der Waals surface area contributed by atoms with Gasteiger partial charge in [-0.15, -0.1) is 6.58 Å². The van der Waals surface area contributed by atoms with E-state index in [1.54, 1.807) is 17.5 Å². The fourth-order valence-corrected chi connectivity index (χ4v) is 2.04. The van der Waals surface area contributed by atoms with Crippen LogP contribution < -0.4 is 5.32 Å². The van der Waals surface area contributed by atoms with Gasteiger partial charge in [-0.1, -0.05) is 17.4 Å². The van der Waals surface area contributed by atoms with Crippen LogP contribution in [0.15, 0.2) is 31.0 Å². The lowest BCUT2D eigenvalue weighted by Crippen LogP contribution is -2.11. The first-order chi connectivity index (χ1) is 6.90. The van der Waals surface area contributed by atoms with Gasteiger partial charge in [0.1, 0.15) is 15.4 Å². The summed E-state index contributed by atoms with van der Waals surface area (Å²) < 4.78 is 0. The molecule has 0 aliphatic rings. The van der Waals surface area contributed by atoms with E-state index in [4.69, 9.17) is 0 Å². The van der Waals surface area contributed by atoms with Gasteiger partial charge in [-0.25, -0.2) is 9.97 Å². The predicted octanol–water partition coefficient (Wildman–Crippen LogP) is 1.97. The summed E-state index contributed by atoms with van der Waals surface area (Å²) in [6.07, 6.45) is 3.63. The Kier molecular flexibility index (Phi) is 2.86. The van der Waals surface area contributed by atoms with E-state index in [0.717, 1.165) is 28.4 Å². The predicted molar refractivity (Wildman–Crippen MR) is 59.3 cm³/mol. The highest BCUT2D eigenvalue weighted by atomic mass is 32.1. The number of pyridine rings is 1. The third-order valence-corrected chi connectivity index (χ3v) is 2.75. The number of thiazole rings is 1. The molecule has 0 atom stereocenters. The van der Waals surface area contributed by atoms with Crippen molar-refractivity contribution in [3.05, 3.63) is 36.0 Å². The zero-order valence-electron chi connectivity index (χ0n) is 7.73. The number of nitrogens with one attached hydrogen (secondary N) is 1. The van der Waals surface area contributed by atoms with Crippen LogP contribution in [0.3, 0.4) is 0 Å². The second-order valence-electron chi connectivity index (χ2n) is 2.85. The van der Waals surface area contributed by atoms with E-state index in [-0.39, 0.29) is 0 Å². The number of rotatable bonds is 4. The Morgan fingerprint density at radius 3 is 3.29 bits per heavy atom. The number of nitrogens with zero attached hydrogens (tertiary/aromatic N) is 2. The van der Waals surface area contributed by atoms with Crippen LogP contribution in [0, 0.1) is 0 Å². The van der Waals surface area contributed by atoms with Gasteiger partial charge in [-0.3, -0.25) is 0 Å². The van der Waals surface area contributed by atoms with Gasteiger partial charge < -0.3 is 5.32 Å². The lowest BCUT2D eigenvalue weighted by molar-refractivity contribution is 0.757. The highest BCUT2D eigenvalue weighted by Crippen LogP contribution is 2.18. The maximum atomic E-state index is 4.44. The van der Waals surface area contributed by atoms with Crippen molar-refractivity contribution in [1.29, 1.82) is 0 Å². The molecule has 0 spiro atoms. The molecule has 2 aromatic heterocycles. The molecule has 14 heavy (non-hydrogen) atoms. The van der Waals surface area contributed by atoms with E-state index < -0.39 is 0 Å². The lowest BCUT2D eigenvalue weighted by atomic mass is 10.4. The van der Waals surface area contributed by atoms with Crippen LogP contribution in [-0.4, -0.2) is 16.5 Å². The number of hydrogen-bond acceptors (Lipinski definition) is 4. The molecule has 2 aromatic rings. The SMILES string of the molecule is C=CCNCc1nc2cccnc2s1. The molecule has 0 amide bonds. The van der Waals surface area contributed by atoms with Gasteiger partial charge in [-0.2, -0.15) is 0 Å². The molecule has 0 aliphatic heterocycles. The summed E-state index contributed by atoms with van der Waals surface area (Å²) in [5.41, 5.74) is 0.980. The molecule has 72 valence electrons. The highest BCUT2D eigenvalue weighted by molar-refractivity contribution is 7.18. The van der Waals surface area contributed by atoms with Gasteiger partial charge in [0.15, 0.2) is 0 Å². The van der Waals surface area contributed by atoms with Crippen molar-refractivity contribution in [3.63, 3.8) is 0 Å². The van der Waals surface area contributed by atoms with E-state index >= 15 is 0 Å². The van der Waals surface area contributed by atoms with Crippen LogP contribution in [0.1, 0.15) is 5.01 Å². The van der Waals surface area contributed by atoms with Crippen LogP contribution in [0.25, 0.3) is 10.3 Å². The molecule has 0 unspecified atom stereocenters. The van der Waals surface area contributed by atoms with Crippen molar-refractivity contribution >= 4 is 21.7 Å². The molecule has 0 aromatic carbocycles. The molecule has 0 aliphatic carbocycles. The standard InChI is InChI=1S/C10H11N3S/c1-2-5-11-7-9-13-8-4-3-6-12-10(8)14-9/h2-4,6,11H,1,5,7H2. The van der Waals surface area contributed by atoms with Gasteiger partial charge in [0.2, 0.25) is 0 Å². The molecule has 2 rings (SSSR count). The molecule has 1 N–H and O–H groups in total.